The standard InChI is InChI=1S/C17H15F6N3O2/c18-16(19,20)10-3-1-5-12(7-10)26-14(17(21,22)23)13(8-24-26)15(27)25-11-4-2-6-28-9-11/h1,3,5,7-8,11H,2,4,6,9H2,(H,25,27). The normalized spacial score (nSPS) is 18.1. The summed E-state index contributed by atoms with van der Waals surface area (Å²) in [4.78, 5) is 12.4. The predicted octanol–water partition coefficient (Wildman–Crippen LogP) is 3.82. The number of alkyl halides is 6. The number of benzene rings is 1. The summed E-state index contributed by atoms with van der Waals surface area (Å²) >= 11 is 0. The van der Waals surface area contributed by atoms with Crippen molar-refractivity contribution < 1.29 is 35.9 Å². The molecule has 0 bridgehead atoms. The molecule has 1 saturated heterocycles. The van der Waals surface area contributed by atoms with Crippen molar-refractivity contribution >= 4 is 5.91 Å². The lowest BCUT2D eigenvalue weighted by atomic mass is 10.1. The Morgan fingerprint density at radius 1 is 1.18 bits per heavy atom. The van der Waals surface area contributed by atoms with Crippen molar-refractivity contribution in [1.29, 1.82) is 0 Å². The summed E-state index contributed by atoms with van der Waals surface area (Å²) in [5.41, 5.74) is -3.79. The number of hydrogen-bond donors (Lipinski definition) is 1. The van der Waals surface area contributed by atoms with Gasteiger partial charge in [0.05, 0.1) is 35.7 Å². The van der Waals surface area contributed by atoms with Crippen molar-refractivity contribution in [3.05, 3.63) is 47.3 Å². The van der Waals surface area contributed by atoms with E-state index in [4.69, 9.17) is 4.74 Å². The summed E-state index contributed by atoms with van der Waals surface area (Å²) in [7, 11) is 0. The average Bonchev–Trinajstić information content (AvgIpc) is 3.08. The highest BCUT2D eigenvalue weighted by molar-refractivity contribution is 5.95. The Bertz CT molecular complexity index is 853. The molecule has 1 aromatic carbocycles. The molecule has 11 heteroatoms. The molecule has 0 aliphatic carbocycles. The van der Waals surface area contributed by atoms with Crippen LogP contribution in [0.4, 0.5) is 26.3 Å². The first-order chi connectivity index (χ1) is 13.1. The van der Waals surface area contributed by atoms with Gasteiger partial charge >= 0.3 is 12.4 Å². The van der Waals surface area contributed by atoms with Crippen LogP contribution in [0.1, 0.15) is 34.5 Å². The number of hydrogen-bond acceptors (Lipinski definition) is 3. The van der Waals surface area contributed by atoms with E-state index in [9.17, 15) is 31.1 Å². The molecule has 1 aromatic heterocycles. The van der Waals surface area contributed by atoms with Crippen LogP contribution in [0, 0.1) is 0 Å². The van der Waals surface area contributed by atoms with Gasteiger partial charge in [-0.2, -0.15) is 31.4 Å². The third kappa shape index (κ3) is 4.29. The van der Waals surface area contributed by atoms with E-state index in [-0.39, 0.29) is 6.61 Å². The fourth-order valence-electron chi connectivity index (χ4n) is 2.91. The number of carbonyl (C=O) groups is 1. The Kier molecular flexibility index (Phi) is 5.37. The molecule has 3 rings (SSSR count). The summed E-state index contributed by atoms with van der Waals surface area (Å²) in [6.45, 7) is 0.683. The van der Waals surface area contributed by atoms with Crippen molar-refractivity contribution in [1.82, 2.24) is 15.1 Å². The highest BCUT2D eigenvalue weighted by Gasteiger charge is 2.41. The summed E-state index contributed by atoms with van der Waals surface area (Å²) < 4.78 is 85.0. The Morgan fingerprint density at radius 3 is 2.54 bits per heavy atom. The minimum absolute atomic E-state index is 0.175. The number of nitrogens with zero attached hydrogens (tertiary/aromatic N) is 2. The van der Waals surface area contributed by atoms with E-state index in [0.717, 1.165) is 18.2 Å². The van der Waals surface area contributed by atoms with Gasteiger partial charge in [-0.05, 0) is 31.0 Å². The second-order valence-corrected chi connectivity index (χ2v) is 6.25. The van der Waals surface area contributed by atoms with Crippen LogP contribution in [0.15, 0.2) is 30.5 Å². The molecule has 152 valence electrons. The quantitative estimate of drug-likeness (QED) is 0.788. The SMILES string of the molecule is O=C(NC1CCCOC1)c1cnn(-c2cccc(C(F)(F)F)c2)c1C(F)(F)F. The van der Waals surface area contributed by atoms with Crippen LogP contribution in [0.25, 0.3) is 5.69 Å². The molecule has 2 aromatic rings. The molecule has 28 heavy (non-hydrogen) atoms. The summed E-state index contributed by atoms with van der Waals surface area (Å²) in [6.07, 6.45) is -7.85. The average molecular weight is 407 g/mol. The van der Waals surface area contributed by atoms with Crippen molar-refractivity contribution in [2.45, 2.75) is 31.2 Å². The van der Waals surface area contributed by atoms with Crippen LogP contribution in [0.5, 0.6) is 0 Å². The van der Waals surface area contributed by atoms with E-state index in [1.165, 1.54) is 0 Å². The minimum Gasteiger partial charge on any atom is -0.379 e. The number of carbonyl (C=O) groups excluding carboxylic acids is 1. The van der Waals surface area contributed by atoms with E-state index >= 15 is 0 Å². The van der Waals surface area contributed by atoms with Crippen LogP contribution in [0.2, 0.25) is 0 Å². The van der Waals surface area contributed by atoms with E-state index in [1.807, 2.05) is 0 Å². The van der Waals surface area contributed by atoms with Gasteiger partial charge in [0.1, 0.15) is 0 Å². The van der Waals surface area contributed by atoms with E-state index in [1.54, 1.807) is 0 Å². The summed E-state index contributed by atoms with van der Waals surface area (Å²) in [5, 5.41) is 5.98. The Balaban J connectivity index is 1.99. The lowest BCUT2D eigenvalue weighted by Crippen LogP contribution is -2.41. The lowest BCUT2D eigenvalue weighted by molar-refractivity contribution is -0.143. The van der Waals surface area contributed by atoms with Crippen LogP contribution >= 0.6 is 0 Å². The molecule has 0 saturated carbocycles. The van der Waals surface area contributed by atoms with Gasteiger partial charge < -0.3 is 10.1 Å². The first-order valence-corrected chi connectivity index (χ1v) is 8.29. The van der Waals surface area contributed by atoms with Gasteiger partial charge in [-0.25, -0.2) is 4.68 Å². The molecule has 1 aliphatic heterocycles. The van der Waals surface area contributed by atoms with Gasteiger partial charge in [0.15, 0.2) is 5.69 Å². The summed E-state index contributed by atoms with van der Waals surface area (Å²) in [6, 6.07) is 2.85. The van der Waals surface area contributed by atoms with Gasteiger partial charge in [0, 0.05) is 6.61 Å². The zero-order valence-electron chi connectivity index (χ0n) is 14.3. The molecular formula is C17H15F6N3O2. The van der Waals surface area contributed by atoms with Gasteiger partial charge in [0.2, 0.25) is 0 Å². The first kappa shape index (κ1) is 20.2. The molecule has 1 amide bonds. The number of rotatable bonds is 3. The van der Waals surface area contributed by atoms with Crippen molar-refractivity contribution in [2.24, 2.45) is 0 Å². The first-order valence-electron chi connectivity index (χ1n) is 8.29. The summed E-state index contributed by atoms with van der Waals surface area (Å²) in [5.74, 6) is -1.01. The highest BCUT2D eigenvalue weighted by Crippen LogP contribution is 2.35. The second kappa shape index (κ2) is 7.46. The van der Waals surface area contributed by atoms with Crippen molar-refractivity contribution in [2.75, 3.05) is 13.2 Å². The molecule has 1 fully saturated rings. The Morgan fingerprint density at radius 2 is 1.93 bits per heavy atom. The Hall–Kier alpha value is -2.56. The zero-order chi connectivity index (χ0) is 20.5. The smallest absolute Gasteiger partial charge is 0.379 e. The lowest BCUT2D eigenvalue weighted by Gasteiger charge is -2.23. The van der Waals surface area contributed by atoms with E-state index in [0.29, 0.717) is 36.4 Å². The molecular weight excluding hydrogens is 392 g/mol. The highest BCUT2D eigenvalue weighted by atomic mass is 19.4. The molecule has 1 N–H and O–H groups in total. The van der Waals surface area contributed by atoms with Crippen LogP contribution in [-0.2, 0) is 17.1 Å². The minimum atomic E-state index is -5.01. The van der Waals surface area contributed by atoms with Gasteiger partial charge in [-0.3, -0.25) is 4.79 Å². The van der Waals surface area contributed by atoms with E-state index < -0.39 is 46.8 Å². The second-order valence-electron chi connectivity index (χ2n) is 6.25. The largest absolute Gasteiger partial charge is 0.434 e. The fourth-order valence-corrected chi connectivity index (χ4v) is 2.91. The zero-order valence-corrected chi connectivity index (χ0v) is 14.3. The van der Waals surface area contributed by atoms with Gasteiger partial charge in [0.25, 0.3) is 5.91 Å². The molecule has 1 atom stereocenters. The van der Waals surface area contributed by atoms with E-state index in [2.05, 4.69) is 10.4 Å². The maximum atomic E-state index is 13.6. The van der Waals surface area contributed by atoms with Crippen LogP contribution in [-0.4, -0.2) is 34.9 Å². The third-order valence-corrected chi connectivity index (χ3v) is 4.20. The molecule has 5 nitrogen and oxygen atoms in total. The van der Waals surface area contributed by atoms with Crippen LogP contribution < -0.4 is 5.32 Å². The van der Waals surface area contributed by atoms with Crippen molar-refractivity contribution in [3.8, 4) is 5.69 Å². The molecule has 0 radical (unpaired) electrons. The topological polar surface area (TPSA) is 56.1 Å². The third-order valence-electron chi connectivity index (χ3n) is 4.20. The van der Waals surface area contributed by atoms with Crippen molar-refractivity contribution in [3.63, 3.8) is 0 Å². The molecule has 0 spiro atoms. The number of amides is 1. The molecule has 1 unspecified atom stereocenters. The van der Waals surface area contributed by atoms with Crippen LogP contribution in [0.3, 0.4) is 0 Å². The molecule has 1 aliphatic rings. The Labute approximate surface area is 155 Å². The maximum Gasteiger partial charge on any atom is 0.434 e. The number of nitrogens with one attached hydrogen (secondary N) is 1. The van der Waals surface area contributed by atoms with Gasteiger partial charge in [-0.1, -0.05) is 6.07 Å². The predicted molar refractivity (Wildman–Crippen MR) is 84.9 cm³/mol. The number of halogens is 6. The number of aromatic nitrogens is 2. The monoisotopic (exact) mass is 407 g/mol. The molecule has 2 heterocycles. The van der Waals surface area contributed by atoms with Gasteiger partial charge in [-0.15, -0.1) is 0 Å². The number of ether oxygens (including phenoxy) is 1. The maximum absolute atomic E-state index is 13.6. The fraction of sp³-hybridized carbons (Fsp3) is 0.412.